The second kappa shape index (κ2) is 7.60. The number of hydrogen-bond donors (Lipinski definition) is 0. The maximum atomic E-state index is 2.56. The van der Waals surface area contributed by atoms with Crippen LogP contribution in [0, 0.1) is 0 Å². The van der Waals surface area contributed by atoms with E-state index in [9.17, 15) is 0 Å². The summed E-state index contributed by atoms with van der Waals surface area (Å²) in [5.41, 5.74) is 0. The van der Waals surface area contributed by atoms with Crippen LogP contribution in [0.5, 0.6) is 0 Å². The molecule has 1 aliphatic rings. The summed E-state index contributed by atoms with van der Waals surface area (Å²) in [4.78, 5) is 2.56. The normalized spacial score (nSPS) is 18.8. The van der Waals surface area contributed by atoms with Crippen LogP contribution in [-0.2, 0) is 0 Å². The van der Waals surface area contributed by atoms with E-state index < -0.39 is 0 Å². The van der Waals surface area contributed by atoms with Crippen molar-refractivity contribution >= 4 is 0 Å². The van der Waals surface area contributed by atoms with E-state index in [4.69, 9.17) is 0 Å². The van der Waals surface area contributed by atoms with E-state index in [1.807, 2.05) is 0 Å². The Kier molecular flexibility index (Phi) is 7.58. The molecule has 0 aliphatic carbocycles. The van der Waals surface area contributed by atoms with Crippen molar-refractivity contribution in [2.75, 3.05) is 13.1 Å². The van der Waals surface area contributed by atoms with Crippen LogP contribution in [0.1, 0.15) is 53.4 Å². The topological polar surface area (TPSA) is 3.24 Å². The minimum absolute atomic E-state index is 0.769. The molecule has 0 atom stereocenters. The van der Waals surface area contributed by atoms with Crippen molar-refractivity contribution in [3.05, 3.63) is 0 Å². The Morgan fingerprint density at radius 1 is 1.00 bits per heavy atom. The lowest BCUT2D eigenvalue weighted by atomic mass is 10.1. The molecule has 1 nitrogen and oxygen atoms in total. The van der Waals surface area contributed by atoms with Crippen molar-refractivity contribution in [3.8, 4) is 0 Å². The highest BCUT2D eigenvalue weighted by atomic mass is 15.1. The molecule has 0 N–H and O–H groups in total. The van der Waals surface area contributed by atoms with Gasteiger partial charge in [0.2, 0.25) is 0 Å². The van der Waals surface area contributed by atoms with Crippen LogP contribution in [0.15, 0.2) is 0 Å². The van der Waals surface area contributed by atoms with Gasteiger partial charge >= 0.3 is 0 Å². The molecular formula is C11H25N. The lowest BCUT2D eigenvalue weighted by molar-refractivity contribution is 0.185. The quantitative estimate of drug-likeness (QED) is 0.585. The Morgan fingerprint density at radius 2 is 1.42 bits per heavy atom. The van der Waals surface area contributed by atoms with Crippen molar-refractivity contribution in [1.29, 1.82) is 0 Å². The molecule has 0 aromatic rings. The number of piperidine rings is 1. The van der Waals surface area contributed by atoms with Crippen molar-refractivity contribution in [2.45, 2.75) is 59.4 Å². The van der Waals surface area contributed by atoms with Gasteiger partial charge in [-0.05, 0) is 39.8 Å². The van der Waals surface area contributed by atoms with E-state index >= 15 is 0 Å². The van der Waals surface area contributed by atoms with Crippen LogP contribution in [0.25, 0.3) is 0 Å². The van der Waals surface area contributed by atoms with Gasteiger partial charge in [0.15, 0.2) is 0 Å². The van der Waals surface area contributed by atoms with E-state index in [0.29, 0.717) is 0 Å². The van der Waals surface area contributed by atoms with Gasteiger partial charge in [0.1, 0.15) is 0 Å². The zero-order valence-electron chi connectivity index (χ0n) is 9.27. The minimum Gasteiger partial charge on any atom is -0.301 e. The highest BCUT2D eigenvalue weighted by molar-refractivity contribution is 4.67. The smallest absolute Gasteiger partial charge is 0.00385 e. The Labute approximate surface area is 78.1 Å². The summed E-state index contributed by atoms with van der Waals surface area (Å²) in [5.74, 6) is 0. The molecule has 0 aromatic heterocycles. The van der Waals surface area contributed by atoms with E-state index in [1.54, 1.807) is 0 Å². The van der Waals surface area contributed by atoms with Gasteiger partial charge in [0.25, 0.3) is 0 Å². The predicted octanol–water partition coefficient (Wildman–Crippen LogP) is 3.30. The van der Waals surface area contributed by atoms with Crippen LogP contribution in [-0.4, -0.2) is 24.0 Å². The first-order valence-corrected chi connectivity index (χ1v) is 5.46. The largest absolute Gasteiger partial charge is 0.301 e. The van der Waals surface area contributed by atoms with Crippen molar-refractivity contribution in [1.82, 2.24) is 4.90 Å². The predicted molar refractivity (Wildman–Crippen MR) is 56.5 cm³/mol. The molecule has 0 bridgehead atoms. The molecule has 0 radical (unpaired) electrons. The molecule has 1 rings (SSSR count). The number of nitrogens with zero attached hydrogens (tertiary/aromatic N) is 1. The summed E-state index contributed by atoms with van der Waals surface area (Å²) in [6, 6.07) is 0.769. The van der Waals surface area contributed by atoms with Gasteiger partial charge in [-0.15, -0.1) is 0 Å². The molecule has 1 heterocycles. The second-order valence-corrected chi connectivity index (χ2v) is 3.90. The van der Waals surface area contributed by atoms with Gasteiger partial charge in [-0.25, -0.2) is 0 Å². The number of likely N-dealkylation sites (tertiary alicyclic amines) is 1. The summed E-state index contributed by atoms with van der Waals surface area (Å²) in [7, 11) is 0. The molecule has 12 heavy (non-hydrogen) atoms. The third-order valence-electron chi connectivity index (χ3n) is 2.12. The maximum Gasteiger partial charge on any atom is 0.00385 e. The summed E-state index contributed by atoms with van der Waals surface area (Å²) in [6.07, 6.45) is 5.53. The lowest BCUT2D eigenvalue weighted by Crippen LogP contribution is -2.35. The first kappa shape index (κ1) is 12.0. The summed E-state index contributed by atoms with van der Waals surface area (Å²) < 4.78 is 0. The molecule has 0 amide bonds. The molecule has 0 aromatic carbocycles. The maximum absolute atomic E-state index is 2.56. The lowest BCUT2D eigenvalue weighted by Gasteiger charge is -2.29. The fourth-order valence-electron chi connectivity index (χ4n) is 1.43. The van der Waals surface area contributed by atoms with Crippen LogP contribution in [0.3, 0.4) is 0 Å². The van der Waals surface area contributed by atoms with Crippen LogP contribution in [0.4, 0.5) is 0 Å². The summed E-state index contributed by atoms with van der Waals surface area (Å²) >= 11 is 0. The molecular weight excluding hydrogens is 146 g/mol. The van der Waals surface area contributed by atoms with Gasteiger partial charge in [0, 0.05) is 6.04 Å². The third kappa shape index (κ3) is 5.59. The SMILES string of the molecule is CC(C)N1CCCCC1.CCC. The Hall–Kier alpha value is -0.0400. The molecule has 1 aliphatic heterocycles. The highest BCUT2D eigenvalue weighted by Gasteiger charge is 2.11. The average molecular weight is 171 g/mol. The van der Waals surface area contributed by atoms with Crippen molar-refractivity contribution in [3.63, 3.8) is 0 Å². The van der Waals surface area contributed by atoms with Gasteiger partial charge in [-0.3, -0.25) is 0 Å². The second-order valence-electron chi connectivity index (χ2n) is 3.90. The third-order valence-corrected chi connectivity index (χ3v) is 2.12. The summed E-state index contributed by atoms with van der Waals surface area (Å²) in [5, 5.41) is 0. The fraction of sp³-hybridized carbons (Fsp3) is 1.00. The van der Waals surface area contributed by atoms with Crippen molar-refractivity contribution in [2.24, 2.45) is 0 Å². The highest BCUT2D eigenvalue weighted by Crippen LogP contribution is 2.10. The minimum atomic E-state index is 0.769. The zero-order chi connectivity index (χ0) is 9.40. The average Bonchev–Trinajstić information content (AvgIpc) is 2.07. The van der Waals surface area contributed by atoms with Gasteiger partial charge < -0.3 is 4.90 Å². The monoisotopic (exact) mass is 171 g/mol. The Morgan fingerprint density at radius 3 is 1.67 bits per heavy atom. The first-order valence-electron chi connectivity index (χ1n) is 5.46. The molecule has 0 spiro atoms. The molecule has 0 saturated carbocycles. The molecule has 74 valence electrons. The fourth-order valence-corrected chi connectivity index (χ4v) is 1.43. The molecule has 0 unspecified atom stereocenters. The van der Waals surface area contributed by atoms with Gasteiger partial charge in [-0.1, -0.05) is 26.7 Å². The zero-order valence-corrected chi connectivity index (χ0v) is 9.27. The van der Waals surface area contributed by atoms with E-state index in [0.717, 1.165) is 6.04 Å². The summed E-state index contributed by atoms with van der Waals surface area (Å²) in [6.45, 7) is 11.5. The Balaban J connectivity index is 0.000000354. The van der Waals surface area contributed by atoms with E-state index in [1.165, 1.54) is 38.8 Å². The van der Waals surface area contributed by atoms with E-state index in [2.05, 4.69) is 32.6 Å². The Bertz CT molecular complexity index is 83.0. The van der Waals surface area contributed by atoms with Crippen molar-refractivity contribution < 1.29 is 0 Å². The number of rotatable bonds is 1. The molecule has 1 saturated heterocycles. The van der Waals surface area contributed by atoms with Crippen LogP contribution >= 0.6 is 0 Å². The first-order chi connectivity index (χ1) is 5.72. The van der Waals surface area contributed by atoms with E-state index in [-0.39, 0.29) is 0 Å². The standard InChI is InChI=1S/C8H17N.C3H8/c1-8(2)9-6-4-3-5-7-9;1-3-2/h8H,3-7H2,1-2H3;3H2,1-2H3. The molecule has 1 heteroatoms. The number of hydrogen-bond acceptors (Lipinski definition) is 1. The van der Waals surface area contributed by atoms with Crippen LogP contribution in [0.2, 0.25) is 0 Å². The van der Waals surface area contributed by atoms with Gasteiger partial charge in [0.05, 0.1) is 0 Å². The van der Waals surface area contributed by atoms with Gasteiger partial charge in [-0.2, -0.15) is 0 Å². The molecule has 1 fully saturated rings. The van der Waals surface area contributed by atoms with Crippen LogP contribution < -0.4 is 0 Å².